The molecule has 3 fully saturated rings. The predicted octanol–water partition coefficient (Wildman–Crippen LogP) is 3.13. The van der Waals surface area contributed by atoms with Crippen molar-refractivity contribution in [3.05, 3.63) is 71.8 Å². The van der Waals surface area contributed by atoms with Gasteiger partial charge in [0.15, 0.2) is 24.0 Å². The molecule has 42 heavy (non-hydrogen) atoms. The number of rotatable bonds is 10. The monoisotopic (exact) mass is 583 g/mol. The van der Waals surface area contributed by atoms with E-state index in [-0.39, 0.29) is 26.1 Å². The highest BCUT2D eigenvalue weighted by molar-refractivity contribution is 5.88. The van der Waals surface area contributed by atoms with Gasteiger partial charge in [-0.1, -0.05) is 60.7 Å². The fourth-order valence-corrected chi connectivity index (χ4v) is 5.23. The van der Waals surface area contributed by atoms with Crippen LogP contribution in [0.4, 0.5) is 0 Å². The van der Waals surface area contributed by atoms with Crippen LogP contribution in [0.3, 0.4) is 0 Å². The van der Waals surface area contributed by atoms with E-state index >= 15 is 0 Å². The second kappa shape index (κ2) is 12.5. The molecule has 0 unspecified atom stereocenters. The Kier molecular flexibility index (Phi) is 8.95. The Bertz CT molecular complexity index is 1250. The smallest absolute Gasteiger partial charge is 0.328 e. The van der Waals surface area contributed by atoms with Gasteiger partial charge in [0.25, 0.3) is 5.91 Å². The predicted molar refractivity (Wildman–Crippen MR) is 146 cm³/mol. The van der Waals surface area contributed by atoms with Gasteiger partial charge < -0.3 is 38.5 Å². The third kappa shape index (κ3) is 7.34. The van der Waals surface area contributed by atoms with E-state index in [4.69, 9.17) is 33.2 Å². The highest BCUT2D eigenvalue weighted by Crippen LogP contribution is 2.44. The first-order valence-corrected chi connectivity index (χ1v) is 14.1. The molecule has 0 bridgehead atoms. The van der Waals surface area contributed by atoms with Crippen molar-refractivity contribution < 1.29 is 47.5 Å². The summed E-state index contributed by atoms with van der Waals surface area (Å²) >= 11 is 0. The Hall–Kier alpha value is -3.35. The van der Waals surface area contributed by atoms with Crippen molar-refractivity contribution in [2.24, 2.45) is 0 Å². The molecular formula is C31H37NO10. The van der Waals surface area contributed by atoms with E-state index in [0.717, 1.165) is 11.1 Å². The van der Waals surface area contributed by atoms with Gasteiger partial charge in [-0.15, -0.1) is 0 Å². The maximum absolute atomic E-state index is 13.7. The topological polar surface area (TPSA) is 128 Å². The first-order chi connectivity index (χ1) is 20.0. The number of amides is 1. The lowest BCUT2D eigenvalue weighted by molar-refractivity contribution is -0.231. The third-order valence-electron chi connectivity index (χ3n) is 7.12. The molecule has 226 valence electrons. The number of ether oxygens (including phenoxy) is 7. The molecule has 3 aliphatic rings. The molecule has 0 spiro atoms. The Morgan fingerprint density at radius 2 is 1.31 bits per heavy atom. The van der Waals surface area contributed by atoms with Crippen molar-refractivity contribution in [2.75, 3.05) is 0 Å². The van der Waals surface area contributed by atoms with Gasteiger partial charge in [-0.05, 0) is 45.2 Å². The third-order valence-corrected chi connectivity index (χ3v) is 7.12. The van der Waals surface area contributed by atoms with Crippen LogP contribution in [0.5, 0.6) is 0 Å². The van der Waals surface area contributed by atoms with Crippen LogP contribution in [-0.2, 0) is 60.8 Å². The highest BCUT2D eigenvalue weighted by atomic mass is 16.9. The van der Waals surface area contributed by atoms with Crippen molar-refractivity contribution >= 4 is 17.8 Å². The van der Waals surface area contributed by atoms with Crippen LogP contribution in [0, 0.1) is 0 Å². The lowest BCUT2D eigenvalue weighted by Gasteiger charge is -2.36. The van der Waals surface area contributed by atoms with Gasteiger partial charge in [0.05, 0.1) is 0 Å². The Balaban J connectivity index is 1.26. The summed E-state index contributed by atoms with van der Waals surface area (Å²) in [6.07, 6.45) is -4.31. The van der Waals surface area contributed by atoms with Crippen LogP contribution in [0.2, 0.25) is 0 Å². The van der Waals surface area contributed by atoms with Crippen LogP contribution in [0.1, 0.15) is 51.7 Å². The molecule has 0 aromatic heterocycles. The molecule has 5 rings (SSSR count). The Labute approximate surface area is 244 Å². The molecule has 0 radical (unpaired) electrons. The summed E-state index contributed by atoms with van der Waals surface area (Å²) in [4.78, 5) is 39.4. The van der Waals surface area contributed by atoms with Gasteiger partial charge >= 0.3 is 11.9 Å². The van der Waals surface area contributed by atoms with Gasteiger partial charge in [0.2, 0.25) is 0 Å². The average molecular weight is 584 g/mol. The first kappa shape index (κ1) is 30.1. The van der Waals surface area contributed by atoms with Crippen molar-refractivity contribution in [1.82, 2.24) is 5.32 Å². The molecule has 2 aromatic carbocycles. The van der Waals surface area contributed by atoms with Gasteiger partial charge in [-0.3, -0.25) is 9.59 Å². The summed E-state index contributed by atoms with van der Waals surface area (Å²) in [6.45, 7) is 7.07. The van der Waals surface area contributed by atoms with E-state index in [0.29, 0.717) is 0 Å². The fourth-order valence-electron chi connectivity index (χ4n) is 5.23. The summed E-state index contributed by atoms with van der Waals surface area (Å²) in [6, 6.07) is 17.2. The molecule has 6 atom stereocenters. The SMILES string of the molecule is CC1(C)O[C@H]2[C@@H](O1)[C@@H](C(=O)N[C@@H](CCC(=O)OCc1ccccc1)C(=O)OCc1ccccc1)O[C@@H]1OC(C)(C)O[C@@H]12. The maximum Gasteiger partial charge on any atom is 0.328 e. The minimum Gasteiger partial charge on any atom is -0.461 e. The Morgan fingerprint density at radius 3 is 1.95 bits per heavy atom. The van der Waals surface area contributed by atoms with E-state index < -0.39 is 66.2 Å². The molecule has 0 aliphatic carbocycles. The number of nitrogens with one attached hydrogen (secondary N) is 1. The average Bonchev–Trinajstić information content (AvgIpc) is 3.46. The van der Waals surface area contributed by atoms with E-state index in [1.54, 1.807) is 27.7 Å². The van der Waals surface area contributed by atoms with Crippen LogP contribution >= 0.6 is 0 Å². The van der Waals surface area contributed by atoms with Gasteiger partial charge in [-0.2, -0.15) is 0 Å². The van der Waals surface area contributed by atoms with Crippen molar-refractivity contribution in [2.45, 2.75) is 102 Å². The molecule has 2 aromatic rings. The van der Waals surface area contributed by atoms with Crippen LogP contribution in [-0.4, -0.2) is 66.2 Å². The lowest BCUT2D eigenvalue weighted by Crippen LogP contribution is -2.61. The van der Waals surface area contributed by atoms with Crippen molar-refractivity contribution in [3.63, 3.8) is 0 Å². The standard InChI is InChI=1S/C31H37NO10/c1-30(2)39-23-24(40-30)26-29(42-31(3,4)41-26)38-25(23)27(34)32-21(28(35)37-18-20-13-9-6-10-14-20)15-16-22(33)36-17-19-11-7-5-8-12-19/h5-14,21,23-26,29H,15-18H2,1-4H3,(H,32,34)/t21-,23+,24-,25-,26+,29+/m0/s1. The number of hydrogen-bond acceptors (Lipinski definition) is 10. The summed E-state index contributed by atoms with van der Waals surface area (Å²) in [5, 5.41) is 2.71. The van der Waals surface area contributed by atoms with E-state index in [1.165, 1.54) is 0 Å². The summed E-state index contributed by atoms with van der Waals surface area (Å²) in [7, 11) is 0. The van der Waals surface area contributed by atoms with Crippen molar-refractivity contribution in [1.29, 1.82) is 0 Å². The molecule has 0 saturated carbocycles. The van der Waals surface area contributed by atoms with E-state index in [2.05, 4.69) is 5.32 Å². The number of benzene rings is 2. The highest BCUT2D eigenvalue weighted by Gasteiger charge is 2.62. The van der Waals surface area contributed by atoms with E-state index in [1.807, 2.05) is 60.7 Å². The minimum absolute atomic E-state index is 0.00425. The van der Waals surface area contributed by atoms with Crippen LogP contribution in [0.15, 0.2) is 60.7 Å². The second-order valence-electron chi connectivity index (χ2n) is 11.4. The quantitative estimate of drug-likeness (QED) is 0.417. The number of carbonyl (C=O) groups is 3. The summed E-state index contributed by atoms with van der Waals surface area (Å²) in [5.41, 5.74) is 1.62. The molecule has 1 N–H and O–H groups in total. The normalized spacial score (nSPS) is 27.8. The molecule has 1 amide bonds. The lowest BCUT2D eigenvalue weighted by atomic mass is 9.98. The number of fused-ring (bicyclic) bond motifs is 3. The zero-order valence-electron chi connectivity index (χ0n) is 24.1. The molecule has 3 aliphatic heterocycles. The number of esters is 2. The molecule has 11 nitrogen and oxygen atoms in total. The Morgan fingerprint density at radius 1 is 0.762 bits per heavy atom. The van der Waals surface area contributed by atoms with Crippen LogP contribution < -0.4 is 5.32 Å². The molecule has 3 saturated heterocycles. The largest absolute Gasteiger partial charge is 0.461 e. The zero-order valence-corrected chi connectivity index (χ0v) is 24.1. The minimum atomic E-state index is -1.18. The fraction of sp³-hybridized carbons (Fsp3) is 0.516. The van der Waals surface area contributed by atoms with Crippen LogP contribution in [0.25, 0.3) is 0 Å². The van der Waals surface area contributed by atoms with Gasteiger partial charge in [0.1, 0.15) is 37.6 Å². The van der Waals surface area contributed by atoms with E-state index in [9.17, 15) is 14.4 Å². The molecular weight excluding hydrogens is 546 g/mol. The number of carbonyl (C=O) groups excluding carboxylic acids is 3. The first-order valence-electron chi connectivity index (χ1n) is 14.1. The molecule has 3 heterocycles. The second-order valence-corrected chi connectivity index (χ2v) is 11.4. The number of hydrogen-bond donors (Lipinski definition) is 1. The molecule has 11 heteroatoms. The zero-order chi connectivity index (χ0) is 29.9. The van der Waals surface area contributed by atoms with Gasteiger partial charge in [0, 0.05) is 6.42 Å². The van der Waals surface area contributed by atoms with Gasteiger partial charge in [-0.25, -0.2) is 4.79 Å². The van der Waals surface area contributed by atoms with Crippen molar-refractivity contribution in [3.8, 4) is 0 Å². The maximum atomic E-state index is 13.7. The summed E-state index contributed by atoms with van der Waals surface area (Å²) < 4.78 is 40.9. The summed E-state index contributed by atoms with van der Waals surface area (Å²) in [5.74, 6) is -3.79.